The van der Waals surface area contributed by atoms with E-state index in [9.17, 15) is 4.79 Å². The predicted molar refractivity (Wildman–Crippen MR) is 111 cm³/mol. The van der Waals surface area contributed by atoms with Crippen molar-refractivity contribution in [3.8, 4) is 5.75 Å². The van der Waals surface area contributed by atoms with Gasteiger partial charge in [-0.1, -0.05) is 44.2 Å². The van der Waals surface area contributed by atoms with Crippen LogP contribution < -0.4 is 10.1 Å². The summed E-state index contributed by atoms with van der Waals surface area (Å²) in [5.41, 5.74) is 2.68. The molecule has 1 aromatic carbocycles. The molecule has 4 nitrogen and oxygen atoms in total. The highest BCUT2D eigenvalue weighted by Crippen LogP contribution is 2.44. The van der Waals surface area contributed by atoms with Crippen LogP contribution in [-0.4, -0.2) is 37.2 Å². The zero-order valence-electron chi connectivity index (χ0n) is 16.4. The van der Waals surface area contributed by atoms with Gasteiger partial charge in [0.05, 0.1) is 0 Å². The Balaban J connectivity index is 0.00000210. The lowest BCUT2D eigenvalue weighted by Gasteiger charge is -2.35. The van der Waals surface area contributed by atoms with Crippen LogP contribution in [0.5, 0.6) is 5.75 Å². The Labute approximate surface area is 169 Å². The van der Waals surface area contributed by atoms with Gasteiger partial charge >= 0.3 is 6.09 Å². The van der Waals surface area contributed by atoms with Gasteiger partial charge in [-0.05, 0) is 61.9 Å². The number of amides is 1. The number of nitrogens with one attached hydrogen (secondary N) is 1. The Morgan fingerprint density at radius 3 is 2.78 bits per heavy atom. The lowest BCUT2D eigenvalue weighted by molar-refractivity contribution is 0.195. The van der Waals surface area contributed by atoms with Crippen LogP contribution in [0.4, 0.5) is 4.79 Å². The molecular formula is C22H33ClN2O2. The average molecular weight is 393 g/mol. The summed E-state index contributed by atoms with van der Waals surface area (Å²) in [5, 5.41) is 2.55. The Morgan fingerprint density at radius 2 is 2.00 bits per heavy atom. The molecule has 1 N–H and O–H groups in total. The summed E-state index contributed by atoms with van der Waals surface area (Å²) >= 11 is 0. The number of carbonyl (C=O) groups excluding carboxylic acids is 1. The van der Waals surface area contributed by atoms with Crippen LogP contribution in [0.15, 0.2) is 18.2 Å². The van der Waals surface area contributed by atoms with Crippen LogP contribution in [0.1, 0.15) is 68.4 Å². The number of hydrogen-bond donors (Lipinski definition) is 1. The van der Waals surface area contributed by atoms with E-state index in [1.54, 1.807) is 7.05 Å². The van der Waals surface area contributed by atoms with Crippen molar-refractivity contribution in [1.82, 2.24) is 10.2 Å². The molecule has 2 fully saturated rings. The Hall–Kier alpha value is -1.26. The lowest BCUT2D eigenvalue weighted by atomic mass is 9.79. The summed E-state index contributed by atoms with van der Waals surface area (Å²) < 4.78 is 5.50. The fourth-order valence-electron chi connectivity index (χ4n) is 5.50. The number of fused-ring (bicyclic) bond motifs is 3. The standard InChI is InChI=1S/C22H32N2O2.ClH/c1-23-22(25)26-21-9-5-8-17-18-13-15-24(20(18)11-10-19(17)21)14-12-16-6-3-2-4-7-16;/h5,8-9,16,18,20H,2-4,6-7,10-15H2,1H3,(H,23,25);1H. The highest BCUT2D eigenvalue weighted by molar-refractivity contribution is 5.85. The summed E-state index contributed by atoms with van der Waals surface area (Å²) in [6.07, 6.45) is 11.7. The van der Waals surface area contributed by atoms with Gasteiger partial charge in [0, 0.05) is 19.0 Å². The van der Waals surface area contributed by atoms with Crippen molar-refractivity contribution in [3.63, 3.8) is 0 Å². The average Bonchev–Trinajstić information content (AvgIpc) is 3.11. The summed E-state index contributed by atoms with van der Waals surface area (Å²) in [7, 11) is 1.61. The maximum Gasteiger partial charge on any atom is 0.412 e. The van der Waals surface area contributed by atoms with Crippen molar-refractivity contribution >= 4 is 18.5 Å². The molecule has 2 aliphatic carbocycles. The number of likely N-dealkylation sites (tertiary alicyclic amines) is 1. The molecule has 150 valence electrons. The SMILES string of the molecule is CNC(=O)Oc1cccc2c1CCC1C2CCN1CCC1CCCCC1.Cl. The molecule has 2 atom stereocenters. The van der Waals surface area contributed by atoms with Gasteiger partial charge in [0.2, 0.25) is 0 Å². The molecule has 0 radical (unpaired) electrons. The molecule has 1 aromatic rings. The van der Waals surface area contributed by atoms with E-state index < -0.39 is 0 Å². The molecule has 4 rings (SSSR count). The molecule has 1 saturated carbocycles. The number of carbonyl (C=O) groups is 1. The van der Waals surface area contributed by atoms with Gasteiger partial charge < -0.3 is 10.1 Å². The van der Waals surface area contributed by atoms with Gasteiger partial charge in [0.25, 0.3) is 0 Å². The van der Waals surface area contributed by atoms with Crippen molar-refractivity contribution in [1.29, 1.82) is 0 Å². The fraction of sp³-hybridized carbons (Fsp3) is 0.682. The van der Waals surface area contributed by atoms with Crippen LogP contribution in [0.3, 0.4) is 0 Å². The van der Waals surface area contributed by atoms with Crippen molar-refractivity contribution in [2.24, 2.45) is 5.92 Å². The second-order valence-corrected chi connectivity index (χ2v) is 8.29. The lowest BCUT2D eigenvalue weighted by Crippen LogP contribution is -2.36. The minimum Gasteiger partial charge on any atom is -0.410 e. The first-order chi connectivity index (χ1) is 12.8. The van der Waals surface area contributed by atoms with Crippen molar-refractivity contribution in [2.75, 3.05) is 20.1 Å². The molecule has 0 bridgehead atoms. The summed E-state index contributed by atoms with van der Waals surface area (Å²) in [6.45, 7) is 2.50. The molecule has 3 aliphatic rings. The third kappa shape index (κ3) is 4.43. The van der Waals surface area contributed by atoms with E-state index in [1.807, 2.05) is 12.1 Å². The minimum absolute atomic E-state index is 0. The van der Waals surface area contributed by atoms with Gasteiger partial charge in [0.15, 0.2) is 0 Å². The molecule has 1 heterocycles. The number of halogens is 1. The summed E-state index contributed by atoms with van der Waals surface area (Å²) in [5.74, 6) is 2.32. The normalized spacial score (nSPS) is 25.2. The van der Waals surface area contributed by atoms with E-state index in [-0.39, 0.29) is 18.5 Å². The largest absolute Gasteiger partial charge is 0.412 e. The Bertz CT molecular complexity index is 645. The van der Waals surface area contributed by atoms with Crippen molar-refractivity contribution in [2.45, 2.75) is 69.7 Å². The smallest absolute Gasteiger partial charge is 0.410 e. The fourth-order valence-corrected chi connectivity index (χ4v) is 5.50. The molecule has 1 saturated heterocycles. The molecule has 27 heavy (non-hydrogen) atoms. The third-order valence-corrected chi connectivity index (χ3v) is 6.88. The maximum atomic E-state index is 11.6. The Kier molecular flexibility index (Phi) is 7.04. The summed E-state index contributed by atoms with van der Waals surface area (Å²) in [6, 6.07) is 6.92. The van der Waals surface area contributed by atoms with E-state index in [4.69, 9.17) is 4.74 Å². The predicted octanol–water partition coefficient (Wildman–Crippen LogP) is 4.90. The number of nitrogens with zero attached hydrogens (tertiary/aromatic N) is 1. The highest BCUT2D eigenvalue weighted by atomic mass is 35.5. The van der Waals surface area contributed by atoms with Gasteiger partial charge in [-0.15, -0.1) is 12.4 Å². The zero-order chi connectivity index (χ0) is 17.9. The van der Waals surface area contributed by atoms with E-state index in [1.165, 1.54) is 75.6 Å². The monoisotopic (exact) mass is 392 g/mol. The van der Waals surface area contributed by atoms with Gasteiger partial charge in [-0.3, -0.25) is 4.90 Å². The van der Waals surface area contributed by atoms with Crippen molar-refractivity contribution < 1.29 is 9.53 Å². The first-order valence-electron chi connectivity index (χ1n) is 10.5. The van der Waals surface area contributed by atoms with Crippen LogP contribution in [0.25, 0.3) is 0 Å². The molecule has 1 aliphatic heterocycles. The van der Waals surface area contributed by atoms with Gasteiger partial charge in [0.1, 0.15) is 5.75 Å². The molecule has 5 heteroatoms. The number of benzene rings is 1. The first-order valence-corrected chi connectivity index (χ1v) is 10.5. The third-order valence-electron chi connectivity index (χ3n) is 6.88. The molecular weight excluding hydrogens is 360 g/mol. The minimum atomic E-state index is -0.374. The van der Waals surface area contributed by atoms with Crippen LogP contribution in [0, 0.1) is 5.92 Å². The Morgan fingerprint density at radius 1 is 1.19 bits per heavy atom. The molecule has 0 aromatic heterocycles. The van der Waals surface area contributed by atoms with Crippen LogP contribution in [0.2, 0.25) is 0 Å². The highest BCUT2D eigenvalue weighted by Gasteiger charge is 2.39. The van der Waals surface area contributed by atoms with Gasteiger partial charge in [-0.2, -0.15) is 0 Å². The second-order valence-electron chi connectivity index (χ2n) is 8.29. The van der Waals surface area contributed by atoms with E-state index >= 15 is 0 Å². The van der Waals surface area contributed by atoms with E-state index in [0.29, 0.717) is 12.0 Å². The molecule has 0 spiro atoms. The molecule has 1 amide bonds. The van der Waals surface area contributed by atoms with E-state index in [0.717, 1.165) is 18.1 Å². The quantitative estimate of drug-likeness (QED) is 0.792. The van der Waals surface area contributed by atoms with E-state index in [2.05, 4.69) is 16.3 Å². The topological polar surface area (TPSA) is 41.6 Å². The van der Waals surface area contributed by atoms with Gasteiger partial charge in [-0.25, -0.2) is 4.79 Å². The number of rotatable bonds is 4. The maximum absolute atomic E-state index is 11.6. The first kappa shape index (κ1) is 20.5. The van der Waals surface area contributed by atoms with Crippen molar-refractivity contribution in [3.05, 3.63) is 29.3 Å². The number of ether oxygens (including phenoxy) is 1. The van der Waals surface area contributed by atoms with Crippen LogP contribution >= 0.6 is 12.4 Å². The molecule has 2 unspecified atom stereocenters. The second kappa shape index (κ2) is 9.29. The van der Waals surface area contributed by atoms with Crippen LogP contribution in [-0.2, 0) is 6.42 Å². The summed E-state index contributed by atoms with van der Waals surface area (Å²) in [4.78, 5) is 14.4. The number of hydrogen-bond acceptors (Lipinski definition) is 3. The zero-order valence-corrected chi connectivity index (χ0v) is 17.2.